The van der Waals surface area contributed by atoms with Crippen LogP contribution in [0.2, 0.25) is 5.02 Å². The van der Waals surface area contributed by atoms with Crippen LogP contribution in [0.5, 0.6) is 5.75 Å². The summed E-state index contributed by atoms with van der Waals surface area (Å²) in [5.74, 6) is 0.564. The van der Waals surface area contributed by atoms with Crippen LogP contribution >= 0.6 is 24.0 Å². The van der Waals surface area contributed by atoms with Crippen LogP contribution in [-0.2, 0) is 5.60 Å². The van der Waals surface area contributed by atoms with E-state index in [2.05, 4.69) is 0 Å². The number of ether oxygens (including phenoxy) is 1. The zero-order chi connectivity index (χ0) is 21.9. The van der Waals surface area contributed by atoms with E-state index < -0.39 is 5.60 Å². The molecule has 8 heteroatoms. The molecule has 170 valence electrons. The van der Waals surface area contributed by atoms with Crippen LogP contribution in [0.3, 0.4) is 0 Å². The minimum atomic E-state index is -1.04. The van der Waals surface area contributed by atoms with Crippen molar-refractivity contribution < 1.29 is 14.6 Å². The monoisotopic (exact) mass is 467 g/mol. The third kappa shape index (κ3) is 5.63. The molecule has 0 bridgehead atoms. The highest BCUT2D eigenvalue weighted by molar-refractivity contribution is 6.30. The molecule has 0 spiro atoms. The van der Waals surface area contributed by atoms with Crippen molar-refractivity contribution in [2.45, 2.75) is 12.0 Å². The number of piperidine rings is 1. The van der Waals surface area contributed by atoms with Crippen LogP contribution in [0.4, 0.5) is 10.5 Å². The van der Waals surface area contributed by atoms with Gasteiger partial charge in [0.25, 0.3) is 0 Å². The van der Waals surface area contributed by atoms with Gasteiger partial charge in [-0.2, -0.15) is 0 Å². The standard InChI is InChI=1S/C23H30ClN3O3.ClH/c1-25(2)15-18-16-27(22(28)26(3)20-9-6-8-19(24)14-20)12-11-23(18,29)17-7-5-10-21(13-17)30-4;/h5-10,13-14,18,29H,11-12,15-16H2,1-4H3;1H. The summed E-state index contributed by atoms with van der Waals surface area (Å²) >= 11 is 6.09. The molecule has 1 saturated heterocycles. The Morgan fingerprint density at radius 2 is 1.94 bits per heavy atom. The van der Waals surface area contributed by atoms with E-state index in [1.54, 1.807) is 31.2 Å². The predicted molar refractivity (Wildman–Crippen MR) is 128 cm³/mol. The van der Waals surface area contributed by atoms with Gasteiger partial charge in [-0.3, -0.25) is 4.90 Å². The highest BCUT2D eigenvalue weighted by Gasteiger charge is 2.44. The van der Waals surface area contributed by atoms with Gasteiger partial charge in [0.05, 0.1) is 12.7 Å². The van der Waals surface area contributed by atoms with E-state index in [1.165, 1.54) is 0 Å². The molecule has 6 nitrogen and oxygen atoms in total. The Balaban J connectivity index is 0.00000341. The number of hydrogen-bond acceptors (Lipinski definition) is 4. The lowest BCUT2D eigenvalue weighted by atomic mass is 9.75. The molecule has 1 aliphatic heterocycles. The van der Waals surface area contributed by atoms with Crippen molar-refractivity contribution in [3.8, 4) is 5.75 Å². The minimum absolute atomic E-state index is 0. The molecule has 2 atom stereocenters. The first kappa shape index (κ1) is 25.3. The molecule has 0 aromatic heterocycles. The van der Waals surface area contributed by atoms with Crippen molar-refractivity contribution in [1.29, 1.82) is 0 Å². The first-order chi connectivity index (χ1) is 14.2. The Labute approximate surface area is 195 Å². The Kier molecular flexibility index (Phi) is 8.60. The number of anilines is 1. The smallest absolute Gasteiger partial charge is 0.324 e. The zero-order valence-corrected chi connectivity index (χ0v) is 20.0. The number of carbonyl (C=O) groups excluding carboxylic acids is 1. The lowest BCUT2D eigenvalue weighted by molar-refractivity contribution is -0.0753. The second-order valence-electron chi connectivity index (χ2n) is 8.13. The fourth-order valence-corrected chi connectivity index (χ4v) is 4.31. The maximum Gasteiger partial charge on any atom is 0.324 e. The quantitative estimate of drug-likeness (QED) is 0.718. The number of methoxy groups -OCH3 is 1. The molecule has 2 unspecified atom stereocenters. The van der Waals surface area contributed by atoms with Gasteiger partial charge in [-0.15, -0.1) is 12.4 Å². The lowest BCUT2D eigenvalue weighted by Gasteiger charge is -2.46. The second kappa shape index (κ2) is 10.6. The van der Waals surface area contributed by atoms with E-state index >= 15 is 0 Å². The van der Waals surface area contributed by atoms with Gasteiger partial charge in [0.2, 0.25) is 0 Å². The van der Waals surface area contributed by atoms with Gasteiger partial charge >= 0.3 is 6.03 Å². The molecule has 31 heavy (non-hydrogen) atoms. The predicted octanol–water partition coefficient (Wildman–Crippen LogP) is 4.10. The molecule has 1 N–H and O–H groups in total. The topological polar surface area (TPSA) is 56.3 Å². The van der Waals surface area contributed by atoms with E-state index in [4.69, 9.17) is 16.3 Å². The maximum absolute atomic E-state index is 13.2. The molecule has 2 aromatic rings. The van der Waals surface area contributed by atoms with Crippen molar-refractivity contribution in [2.24, 2.45) is 5.92 Å². The summed E-state index contributed by atoms with van der Waals surface area (Å²) in [5.41, 5.74) is 0.527. The summed E-state index contributed by atoms with van der Waals surface area (Å²) in [6.45, 7) is 1.56. The second-order valence-corrected chi connectivity index (χ2v) is 8.57. The van der Waals surface area contributed by atoms with Gasteiger partial charge in [-0.05, 0) is 56.4 Å². The molecule has 0 radical (unpaired) electrons. The van der Waals surface area contributed by atoms with E-state index in [1.807, 2.05) is 60.3 Å². The average molecular weight is 468 g/mol. The van der Waals surface area contributed by atoms with Gasteiger partial charge in [0, 0.05) is 43.3 Å². The molecular formula is C23H31Cl2N3O3. The largest absolute Gasteiger partial charge is 0.497 e. The van der Waals surface area contributed by atoms with Crippen LogP contribution in [0.25, 0.3) is 0 Å². The van der Waals surface area contributed by atoms with Gasteiger partial charge in [-0.1, -0.05) is 29.8 Å². The Morgan fingerprint density at radius 1 is 1.23 bits per heavy atom. The van der Waals surface area contributed by atoms with Crippen LogP contribution in [0, 0.1) is 5.92 Å². The van der Waals surface area contributed by atoms with E-state index in [9.17, 15) is 9.90 Å². The first-order valence-electron chi connectivity index (χ1n) is 10.0. The number of aliphatic hydroxyl groups is 1. The molecule has 0 saturated carbocycles. The van der Waals surface area contributed by atoms with Crippen molar-refractivity contribution in [1.82, 2.24) is 9.80 Å². The molecule has 1 fully saturated rings. The van der Waals surface area contributed by atoms with Crippen molar-refractivity contribution in [3.05, 3.63) is 59.1 Å². The normalized spacial score (nSPS) is 20.9. The summed E-state index contributed by atoms with van der Waals surface area (Å²) in [7, 11) is 7.32. The number of hydrogen-bond donors (Lipinski definition) is 1. The van der Waals surface area contributed by atoms with Gasteiger partial charge in [-0.25, -0.2) is 4.79 Å². The Morgan fingerprint density at radius 3 is 2.58 bits per heavy atom. The van der Waals surface area contributed by atoms with Crippen LogP contribution in [0.15, 0.2) is 48.5 Å². The SMILES string of the molecule is COc1cccc(C2(O)CCN(C(=O)N(C)c3cccc(Cl)c3)CC2CN(C)C)c1.Cl. The fourth-order valence-electron chi connectivity index (χ4n) is 4.12. The molecule has 1 aliphatic rings. The number of nitrogens with zero attached hydrogens (tertiary/aromatic N) is 3. The summed E-state index contributed by atoms with van der Waals surface area (Å²) in [5, 5.41) is 12.3. The number of halogens is 2. The van der Waals surface area contributed by atoms with Gasteiger partial charge in [0.15, 0.2) is 0 Å². The Bertz CT molecular complexity index is 896. The fraction of sp³-hybridized carbons (Fsp3) is 0.435. The van der Waals surface area contributed by atoms with E-state index in [-0.39, 0.29) is 24.4 Å². The molecule has 3 rings (SSSR count). The highest BCUT2D eigenvalue weighted by Crippen LogP contribution is 2.39. The van der Waals surface area contributed by atoms with Gasteiger partial charge < -0.3 is 19.6 Å². The summed E-state index contributed by atoms with van der Waals surface area (Å²) < 4.78 is 5.35. The van der Waals surface area contributed by atoms with E-state index in [0.717, 1.165) is 11.3 Å². The molecular weight excluding hydrogens is 437 g/mol. The zero-order valence-electron chi connectivity index (χ0n) is 18.4. The number of benzene rings is 2. The lowest BCUT2D eigenvalue weighted by Crippen LogP contribution is -2.56. The third-order valence-corrected chi connectivity index (χ3v) is 6.02. The first-order valence-corrected chi connectivity index (χ1v) is 10.4. The molecule has 2 amide bonds. The summed E-state index contributed by atoms with van der Waals surface area (Å²) in [4.78, 5) is 18.6. The highest BCUT2D eigenvalue weighted by atomic mass is 35.5. The third-order valence-electron chi connectivity index (χ3n) is 5.79. The van der Waals surface area contributed by atoms with Gasteiger partial charge in [0.1, 0.15) is 5.75 Å². The van der Waals surface area contributed by atoms with Crippen LogP contribution in [-0.4, -0.2) is 68.8 Å². The summed E-state index contributed by atoms with van der Waals surface area (Å²) in [6, 6.07) is 14.7. The molecule has 1 heterocycles. The number of rotatable bonds is 5. The average Bonchev–Trinajstić information content (AvgIpc) is 2.74. The van der Waals surface area contributed by atoms with Crippen molar-refractivity contribution in [3.63, 3.8) is 0 Å². The number of urea groups is 1. The minimum Gasteiger partial charge on any atom is -0.497 e. The number of carbonyl (C=O) groups is 1. The Hall–Kier alpha value is -1.99. The van der Waals surface area contributed by atoms with Crippen LogP contribution < -0.4 is 9.64 Å². The van der Waals surface area contributed by atoms with E-state index in [0.29, 0.717) is 36.8 Å². The number of amides is 2. The molecule has 0 aliphatic carbocycles. The van der Waals surface area contributed by atoms with Crippen molar-refractivity contribution in [2.75, 3.05) is 52.8 Å². The number of likely N-dealkylation sites (tertiary alicyclic amines) is 1. The van der Waals surface area contributed by atoms with Crippen molar-refractivity contribution >= 4 is 35.7 Å². The maximum atomic E-state index is 13.2. The molecule has 2 aromatic carbocycles. The van der Waals surface area contributed by atoms with Crippen LogP contribution in [0.1, 0.15) is 12.0 Å². The summed E-state index contributed by atoms with van der Waals surface area (Å²) in [6.07, 6.45) is 0.452.